The second-order valence-electron chi connectivity index (χ2n) is 2.93. The molecule has 0 bridgehead atoms. The fourth-order valence-corrected chi connectivity index (χ4v) is 1.16. The molecule has 1 rings (SSSR count). The highest BCUT2D eigenvalue weighted by molar-refractivity contribution is 5.85. The molecule has 1 aromatic carbocycles. The standard InChI is InChI=1S/C10H11F2NO.ClH/c1-2-3-8(13)6-4-5-7(11)9(12)10(6)14;/h2,4-5,8,14H,1,3,13H2;1H/t8-;/m1./s1. The van der Waals surface area contributed by atoms with Crippen LogP contribution in [0.25, 0.3) is 0 Å². The zero-order valence-corrected chi connectivity index (χ0v) is 8.73. The van der Waals surface area contributed by atoms with Crippen LogP contribution in [0.3, 0.4) is 0 Å². The Morgan fingerprint density at radius 1 is 1.47 bits per heavy atom. The molecule has 0 saturated heterocycles. The van der Waals surface area contributed by atoms with E-state index in [1.54, 1.807) is 6.08 Å². The highest BCUT2D eigenvalue weighted by Crippen LogP contribution is 2.28. The molecule has 0 spiro atoms. The molecule has 0 fully saturated rings. The Balaban J connectivity index is 0.00000196. The molecular weight excluding hydrogens is 224 g/mol. The van der Waals surface area contributed by atoms with E-state index in [4.69, 9.17) is 5.73 Å². The molecule has 0 aliphatic rings. The van der Waals surface area contributed by atoms with Crippen molar-refractivity contribution in [2.45, 2.75) is 12.5 Å². The summed E-state index contributed by atoms with van der Waals surface area (Å²) in [5.41, 5.74) is 5.79. The van der Waals surface area contributed by atoms with Gasteiger partial charge in [0.2, 0.25) is 5.82 Å². The predicted molar refractivity (Wildman–Crippen MR) is 57.0 cm³/mol. The number of benzene rings is 1. The first-order valence-corrected chi connectivity index (χ1v) is 4.11. The van der Waals surface area contributed by atoms with Crippen LogP contribution in [0.15, 0.2) is 24.8 Å². The molecule has 1 atom stereocenters. The number of nitrogens with two attached hydrogens (primary N) is 1. The lowest BCUT2D eigenvalue weighted by Crippen LogP contribution is -2.10. The summed E-state index contributed by atoms with van der Waals surface area (Å²) in [5, 5.41) is 9.25. The fraction of sp³-hybridized carbons (Fsp3) is 0.200. The van der Waals surface area contributed by atoms with Gasteiger partial charge >= 0.3 is 0 Å². The van der Waals surface area contributed by atoms with E-state index in [2.05, 4.69) is 6.58 Å². The van der Waals surface area contributed by atoms with Crippen molar-refractivity contribution < 1.29 is 13.9 Å². The number of hydrogen-bond donors (Lipinski definition) is 2. The van der Waals surface area contributed by atoms with Crippen LogP contribution in [0.2, 0.25) is 0 Å². The first kappa shape index (κ1) is 13.9. The third-order valence-corrected chi connectivity index (χ3v) is 1.92. The average molecular weight is 236 g/mol. The minimum atomic E-state index is -1.26. The molecule has 0 aliphatic heterocycles. The Hall–Kier alpha value is -1.13. The van der Waals surface area contributed by atoms with E-state index in [9.17, 15) is 13.9 Å². The summed E-state index contributed by atoms with van der Waals surface area (Å²) in [6, 6.07) is 1.64. The van der Waals surface area contributed by atoms with Crippen molar-refractivity contribution in [3.05, 3.63) is 42.0 Å². The molecular formula is C10H12ClF2NO. The molecule has 0 aliphatic carbocycles. The topological polar surface area (TPSA) is 46.2 Å². The number of phenolic OH excluding ortho intramolecular Hbond substituents is 1. The molecule has 0 radical (unpaired) electrons. The summed E-state index contributed by atoms with van der Waals surface area (Å²) >= 11 is 0. The second kappa shape index (κ2) is 5.68. The first-order valence-electron chi connectivity index (χ1n) is 4.11. The molecule has 3 N–H and O–H groups in total. The number of hydrogen-bond acceptors (Lipinski definition) is 2. The van der Waals surface area contributed by atoms with Crippen molar-refractivity contribution in [3.8, 4) is 5.75 Å². The van der Waals surface area contributed by atoms with Crippen molar-refractivity contribution in [3.63, 3.8) is 0 Å². The van der Waals surface area contributed by atoms with Crippen molar-refractivity contribution in [2.24, 2.45) is 5.73 Å². The first-order chi connectivity index (χ1) is 6.57. The van der Waals surface area contributed by atoms with Crippen LogP contribution in [0.4, 0.5) is 8.78 Å². The predicted octanol–water partition coefficient (Wildman–Crippen LogP) is 2.67. The molecule has 0 heterocycles. The summed E-state index contributed by atoms with van der Waals surface area (Å²) in [5.74, 6) is -3.07. The normalized spacial score (nSPS) is 11.7. The summed E-state index contributed by atoms with van der Waals surface area (Å²) in [7, 11) is 0. The van der Waals surface area contributed by atoms with Gasteiger partial charge in [-0.15, -0.1) is 19.0 Å². The van der Waals surface area contributed by atoms with E-state index in [1.807, 2.05) is 0 Å². The van der Waals surface area contributed by atoms with Gasteiger partial charge in [0.1, 0.15) is 0 Å². The van der Waals surface area contributed by atoms with E-state index < -0.39 is 23.4 Å². The summed E-state index contributed by atoms with van der Waals surface area (Å²) < 4.78 is 25.5. The van der Waals surface area contributed by atoms with Crippen LogP contribution in [0, 0.1) is 11.6 Å². The molecule has 0 saturated carbocycles. The van der Waals surface area contributed by atoms with E-state index in [0.29, 0.717) is 6.42 Å². The van der Waals surface area contributed by atoms with Gasteiger partial charge in [0.15, 0.2) is 11.6 Å². The molecule has 15 heavy (non-hydrogen) atoms. The van der Waals surface area contributed by atoms with Crippen LogP contribution in [-0.2, 0) is 0 Å². The van der Waals surface area contributed by atoms with Gasteiger partial charge in [-0.05, 0) is 12.5 Å². The maximum Gasteiger partial charge on any atom is 0.200 e. The smallest absolute Gasteiger partial charge is 0.200 e. The van der Waals surface area contributed by atoms with Gasteiger partial charge in [0.05, 0.1) is 0 Å². The highest BCUT2D eigenvalue weighted by Gasteiger charge is 2.16. The van der Waals surface area contributed by atoms with Gasteiger partial charge in [0, 0.05) is 11.6 Å². The lowest BCUT2D eigenvalue weighted by Gasteiger charge is -2.11. The zero-order chi connectivity index (χ0) is 10.7. The Labute approximate surface area is 92.8 Å². The Kier molecular flexibility index (Phi) is 5.25. The van der Waals surface area contributed by atoms with Crippen LogP contribution in [-0.4, -0.2) is 5.11 Å². The molecule has 1 aromatic rings. The molecule has 84 valence electrons. The maximum atomic E-state index is 12.9. The van der Waals surface area contributed by atoms with E-state index in [1.165, 1.54) is 6.07 Å². The third kappa shape index (κ3) is 2.91. The molecule has 2 nitrogen and oxygen atoms in total. The summed E-state index contributed by atoms with van der Waals surface area (Å²) in [4.78, 5) is 0. The van der Waals surface area contributed by atoms with Crippen LogP contribution in [0.1, 0.15) is 18.0 Å². The summed E-state index contributed by atoms with van der Waals surface area (Å²) in [6.07, 6.45) is 1.93. The monoisotopic (exact) mass is 235 g/mol. The SMILES string of the molecule is C=CC[C@@H](N)c1ccc(F)c(F)c1O.Cl. The second-order valence-corrected chi connectivity index (χ2v) is 2.93. The van der Waals surface area contributed by atoms with Gasteiger partial charge in [-0.3, -0.25) is 0 Å². The molecule has 0 amide bonds. The summed E-state index contributed by atoms with van der Waals surface area (Å²) in [6.45, 7) is 3.47. The Morgan fingerprint density at radius 3 is 2.60 bits per heavy atom. The van der Waals surface area contributed by atoms with Crippen LogP contribution in [0.5, 0.6) is 5.75 Å². The van der Waals surface area contributed by atoms with Crippen LogP contribution >= 0.6 is 12.4 Å². The van der Waals surface area contributed by atoms with Crippen molar-refractivity contribution in [1.29, 1.82) is 0 Å². The van der Waals surface area contributed by atoms with Crippen molar-refractivity contribution >= 4 is 12.4 Å². The van der Waals surface area contributed by atoms with Gasteiger partial charge in [-0.25, -0.2) is 4.39 Å². The highest BCUT2D eigenvalue weighted by atomic mass is 35.5. The van der Waals surface area contributed by atoms with Crippen molar-refractivity contribution in [2.75, 3.05) is 0 Å². The minimum Gasteiger partial charge on any atom is -0.505 e. The molecule has 5 heteroatoms. The zero-order valence-electron chi connectivity index (χ0n) is 7.91. The van der Waals surface area contributed by atoms with E-state index >= 15 is 0 Å². The average Bonchev–Trinajstić information content (AvgIpc) is 2.15. The van der Waals surface area contributed by atoms with Gasteiger partial charge < -0.3 is 10.8 Å². The Morgan fingerprint density at radius 2 is 2.07 bits per heavy atom. The quantitative estimate of drug-likeness (QED) is 0.792. The maximum absolute atomic E-state index is 12.9. The lowest BCUT2D eigenvalue weighted by molar-refractivity contribution is 0.397. The van der Waals surface area contributed by atoms with Gasteiger partial charge in [-0.2, -0.15) is 4.39 Å². The van der Waals surface area contributed by atoms with E-state index in [0.717, 1.165) is 6.07 Å². The Bertz CT molecular complexity index is 358. The largest absolute Gasteiger partial charge is 0.505 e. The minimum absolute atomic E-state index is 0. The van der Waals surface area contributed by atoms with Gasteiger partial charge in [0.25, 0.3) is 0 Å². The number of phenols is 1. The third-order valence-electron chi connectivity index (χ3n) is 1.92. The van der Waals surface area contributed by atoms with Gasteiger partial charge in [-0.1, -0.05) is 12.1 Å². The fourth-order valence-electron chi connectivity index (χ4n) is 1.16. The lowest BCUT2D eigenvalue weighted by atomic mass is 10.0. The number of halogens is 3. The van der Waals surface area contributed by atoms with Crippen LogP contribution < -0.4 is 5.73 Å². The molecule has 0 aromatic heterocycles. The van der Waals surface area contributed by atoms with E-state index in [-0.39, 0.29) is 18.0 Å². The van der Waals surface area contributed by atoms with Crippen molar-refractivity contribution in [1.82, 2.24) is 0 Å². The number of aromatic hydroxyl groups is 1. The number of rotatable bonds is 3. The molecule has 0 unspecified atom stereocenters.